The molecule has 0 amide bonds. The van der Waals surface area contributed by atoms with Crippen LogP contribution in [0.5, 0.6) is 5.75 Å². The Labute approximate surface area is 167 Å². The molecule has 29 heavy (non-hydrogen) atoms. The number of aromatic nitrogens is 1. The third kappa shape index (κ3) is 4.17. The van der Waals surface area contributed by atoms with Crippen LogP contribution in [0.3, 0.4) is 0 Å². The van der Waals surface area contributed by atoms with Crippen molar-refractivity contribution in [2.75, 3.05) is 5.32 Å². The van der Waals surface area contributed by atoms with Gasteiger partial charge in [-0.1, -0.05) is 12.1 Å². The van der Waals surface area contributed by atoms with Crippen LogP contribution >= 0.6 is 0 Å². The number of nitriles is 1. The van der Waals surface area contributed by atoms with Gasteiger partial charge in [-0.2, -0.15) is 10.2 Å². The SMILES string of the molecule is Cc1ccc(C)c(OCc2ccc(-c3nc(C#N)c(NCc4ccco4)o3)o2)c1. The van der Waals surface area contributed by atoms with Gasteiger partial charge in [0.15, 0.2) is 5.76 Å². The molecule has 7 nitrogen and oxygen atoms in total. The fourth-order valence-electron chi connectivity index (χ4n) is 2.78. The van der Waals surface area contributed by atoms with Crippen LogP contribution in [0.25, 0.3) is 11.7 Å². The summed E-state index contributed by atoms with van der Waals surface area (Å²) in [6.45, 7) is 4.67. The van der Waals surface area contributed by atoms with Gasteiger partial charge >= 0.3 is 0 Å². The van der Waals surface area contributed by atoms with Gasteiger partial charge in [-0.15, -0.1) is 0 Å². The van der Waals surface area contributed by atoms with Gasteiger partial charge in [-0.05, 0) is 55.3 Å². The predicted molar refractivity (Wildman–Crippen MR) is 105 cm³/mol. The average Bonchev–Trinajstić information content (AvgIpc) is 3.47. The molecule has 1 aromatic carbocycles. The largest absolute Gasteiger partial charge is 0.485 e. The van der Waals surface area contributed by atoms with Gasteiger partial charge in [0.1, 0.15) is 29.9 Å². The van der Waals surface area contributed by atoms with E-state index in [2.05, 4.69) is 10.3 Å². The van der Waals surface area contributed by atoms with Gasteiger partial charge in [0.05, 0.1) is 12.8 Å². The van der Waals surface area contributed by atoms with Gasteiger partial charge in [-0.25, -0.2) is 0 Å². The first-order valence-electron chi connectivity index (χ1n) is 9.08. The summed E-state index contributed by atoms with van der Waals surface area (Å²) in [6, 6.07) is 15.2. The van der Waals surface area contributed by atoms with E-state index in [0.29, 0.717) is 18.1 Å². The lowest BCUT2D eigenvalue weighted by Gasteiger charge is -2.08. The minimum absolute atomic E-state index is 0.149. The molecule has 146 valence electrons. The van der Waals surface area contributed by atoms with E-state index in [9.17, 15) is 5.26 Å². The Morgan fingerprint density at radius 2 is 2.00 bits per heavy atom. The number of furan rings is 2. The van der Waals surface area contributed by atoms with Crippen molar-refractivity contribution in [3.63, 3.8) is 0 Å². The summed E-state index contributed by atoms with van der Waals surface area (Å²) >= 11 is 0. The van der Waals surface area contributed by atoms with Gasteiger partial charge in [0, 0.05) is 0 Å². The fraction of sp³-hybridized carbons (Fsp3) is 0.182. The number of nitrogens with one attached hydrogen (secondary N) is 1. The van der Waals surface area contributed by atoms with Crippen LogP contribution in [0.1, 0.15) is 28.3 Å². The van der Waals surface area contributed by atoms with E-state index in [-0.39, 0.29) is 24.1 Å². The Bertz CT molecular complexity index is 1150. The summed E-state index contributed by atoms with van der Waals surface area (Å²) in [6.07, 6.45) is 1.58. The van der Waals surface area contributed by atoms with Crippen molar-refractivity contribution in [1.29, 1.82) is 5.26 Å². The molecule has 3 heterocycles. The second-order valence-electron chi connectivity index (χ2n) is 6.57. The first kappa shape index (κ1) is 18.4. The first-order chi connectivity index (χ1) is 14.1. The van der Waals surface area contributed by atoms with Crippen molar-refractivity contribution in [3.05, 3.63) is 77.1 Å². The molecule has 1 N–H and O–H groups in total. The first-order valence-corrected chi connectivity index (χ1v) is 9.08. The number of hydrogen-bond acceptors (Lipinski definition) is 7. The summed E-state index contributed by atoms with van der Waals surface area (Å²) in [4.78, 5) is 4.20. The molecule has 4 rings (SSSR count). The van der Waals surface area contributed by atoms with Gasteiger partial charge < -0.3 is 23.3 Å². The maximum Gasteiger partial charge on any atom is 0.266 e. The number of nitrogens with zero attached hydrogens (tertiary/aromatic N) is 2. The zero-order valence-electron chi connectivity index (χ0n) is 16.1. The van der Waals surface area contributed by atoms with E-state index in [0.717, 1.165) is 22.6 Å². The standard InChI is InChI=1S/C22H19N3O4/c1-14-5-6-15(2)20(10-14)27-13-17-7-8-19(28-17)22-25-18(11-23)21(29-22)24-12-16-4-3-9-26-16/h3-10,24H,12-13H2,1-2H3. The summed E-state index contributed by atoms with van der Waals surface area (Å²) in [5.41, 5.74) is 2.33. The molecule has 4 aromatic rings. The second-order valence-corrected chi connectivity index (χ2v) is 6.57. The molecule has 0 fully saturated rings. The van der Waals surface area contributed by atoms with E-state index in [1.165, 1.54) is 0 Å². The quantitative estimate of drug-likeness (QED) is 0.463. The van der Waals surface area contributed by atoms with Gasteiger partial charge in [0.2, 0.25) is 11.6 Å². The molecular weight excluding hydrogens is 370 g/mol. The Morgan fingerprint density at radius 1 is 1.10 bits per heavy atom. The molecule has 0 saturated heterocycles. The van der Waals surface area contributed by atoms with Crippen molar-refractivity contribution in [3.8, 4) is 23.5 Å². The van der Waals surface area contributed by atoms with Crippen molar-refractivity contribution in [2.24, 2.45) is 0 Å². The van der Waals surface area contributed by atoms with E-state index < -0.39 is 0 Å². The van der Waals surface area contributed by atoms with Crippen LogP contribution in [0.2, 0.25) is 0 Å². The molecule has 0 aliphatic carbocycles. The number of rotatable bonds is 7. The predicted octanol–water partition coefficient (Wildman–Crippen LogP) is 5.21. The zero-order chi connectivity index (χ0) is 20.2. The number of ether oxygens (including phenoxy) is 1. The van der Waals surface area contributed by atoms with Crippen LogP contribution in [0.15, 0.2) is 62.0 Å². The number of anilines is 1. The van der Waals surface area contributed by atoms with E-state index >= 15 is 0 Å². The van der Waals surface area contributed by atoms with Crippen molar-refractivity contribution in [2.45, 2.75) is 27.0 Å². The summed E-state index contributed by atoms with van der Waals surface area (Å²) < 4.78 is 22.6. The highest BCUT2D eigenvalue weighted by Gasteiger charge is 2.17. The molecule has 7 heteroatoms. The maximum atomic E-state index is 9.31. The van der Waals surface area contributed by atoms with Gasteiger partial charge in [-0.3, -0.25) is 0 Å². The average molecular weight is 389 g/mol. The van der Waals surface area contributed by atoms with Crippen LogP contribution < -0.4 is 10.1 Å². The highest BCUT2D eigenvalue weighted by molar-refractivity contribution is 5.54. The third-order valence-corrected chi connectivity index (χ3v) is 4.32. The molecule has 0 radical (unpaired) electrons. The van der Waals surface area contributed by atoms with Crippen molar-refractivity contribution < 1.29 is 18.0 Å². The molecule has 0 bridgehead atoms. The topological polar surface area (TPSA) is 97.4 Å². The molecule has 0 unspecified atom stereocenters. The normalized spacial score (nSPS) is 10.7. The fourth-order valence-corrected chi connectivity index (χ4v) is 2.78. The van der Waals surface area contributed by atoms with Crippen LogP contribution in [0, 0.1) is 25.2 Å². The Kier molecular flexibility index (Phi) is 5.08. The smallest absolute Gasteiger partial charge is 0.266 e. The lowest BCUT2D eigenvalue weighted by Crippen LogP contribution is -1.98. The number of hydrogen-bond donors (Lipinski definition) is 1. The van der Waals surface area contributed by atoms with E-state index in [1.807, 2.05) is 44.2 Å². The zero-order valence-corrected chi connectivity index (χ0v) is 16.1. The monoisotopic (exact) mass is 389 g/mol. The van der Waals surface area contributed by atoms with E-state index in [1.54, 1.807) is 24.5 Å². The van der Waals surface area contributed by atoms with Crippen LogP contribution in [-0.2, 0) is 13.2 Å². The molecule has 0 aliphatic rings. The highest BCUT2D eigenvalue weighted by atomic mass is 16.5. The summed E-state index contributed by atoms with van der Waals surface area (Å²) in [5.74, 6) is 3.07. The molecule has 3 aromatic heterocycles. The molecule has 0 spiro atoms. The maximum absolute atomic E-state index is 9.31. The van der Waals surface area contributed by atoms with E-state index in [4.69, 9.17) is 18.0 Å². The Morgan fingerprint density at radius 3 is 2.79 bits per heavy atom. The number of aryl methyl sites for hydroxylation is 2. The van der Waals surface area contributed by atoms with Crippen molar-refractivity contribution >= 4 is 5.88 Å². The summed E-state index contributed by atoms with van der Waals surface area (Å²) in [5, 5.41) is 12.3. The highest BCUT2D eigenvalue weighted by Crippen LogP contribution is 2.28. The number of benzene rings is 1. The molecular formula is C22H19N3O4. The molecule has 0 atom stereocenters. The van der Waals surface area contributed by atoms with Crippen LogP contribution in [0.4, 0.5) is 5.88 Å². The lowest BCUT2D eigenvalue weighted by molar-refractivity contribution is 0.269. The minimum atomic E-state index is 0.149. The third-order valence-electron chi connectivity index (χ3n) is 4.32. The van der Waals surface area contributed by atoms with Crippen molar-refractivity contribution in [1.82, 2.24) is 4.98 Å². The second kappa shape index (κ2) is 7.98. The minimum Gasteiger partial charge on any atom is -0.485 e. The Balaban J connectivity index is 1.46. The molecule has 0 aliphatic heterocycles. The van der Waals surface area contributed by atoms with Crippen LogP contribution in [-0.4, -0.2) is 4.98 Å². The summed E-state index contributed by atoms with van der Waals surface area (Å²) in [7, 11) is 0. The van der Waals surface area contributed by atoms with Gasteiger partial charge in [0.25, 0.3) is 5.89 Å². The number of oxazole rings is 1. The molecule has 0 saturated carbocycles. The lowest BCUT2D eigenvalue weighted by atomic mass is 10.1. The Hall–Kier alpha value is -3.92.